The van der Waals surface area contributed by atoms with Gasteiger partial charge in [0.1, 0.15) is 0 Å². The highest BCUT2D eigenvalue weighted by molar-refractivity contribution is 5.90. The van der Waals surface area contributed by atoms with Crippen LogP contribution in [0.5, 0.6) is 0 Å². The number of urea groups is 1. The number of alkyl halides is 3. The minimum Gasteiger partial charge on any atom is -0.379 e. The van der Waals surface area contributed by atoms with E-state index in [2.05, 4.69) is 22.3 Å². The predicted molar refractivity (Wildman–Crippen MR) is 119 cm³/mol. The van der Waals surface area contributed by atoms with Crippen LogP contribution in [0.1, 0.15) is 30.4 Å². The van der Waals surface area contributed by atoms with Gasteiger partial charge in [0.05, 0.1) is 24.3 Å². The van der Waals surface area contributed by atoms with Gasteiger partial charge in [-0.05, 0) is 48.4 Å². The Morgan fingerprint density at radius 2 is 1.76 bits per heavy atom. The van der Waals surface area contributed by atoms with E-state index in [0.29, 0.717) is 26.3 Å². The molecule has 2 aromatic rings. The maximum absolute atomic E-state index is 13.6. The molecular weight excluding hydrogens is 431 g/mol. The van der Waals surface area contributed by atoms with E-state index >= 15 is 0 Å². The molecule has 1 aliphatic carbocycles. The van der Waals surface area contributed by atoms with Gasteiger partial charge in [-0.2, -0.15) is 13.2 Å². The van der Waals surface area contributed by atoms with Crippen LogP contribution in [0.25, 0.3) is 0 Å². The minimum absolute atomic E-state index is 0.0906. The van der Waals surface area contributed by atoms with E-state index in [1.54, 1.807) is 0 Å². The Kier molecular flexibility index (Phi) is 5.61. The Labute approximate surface area is 191 Å². The zero-order valence-corrected chi connectivity index (χ0v) is 18.4. The molecule has 1 spiro atoms. The molecular formula is C25H28F3N3O2. The van der Waals surface area contributed by atoms with E-state index in [4.69, 9.17) is 4.74 Å². The van der Waals surface area contributed by atoms with Crippen LogP contribution in [0.15, 0.2) is 54.6 Å². The number of nitrogens with zero attached hydrogens (tertiary/aromatic N) is 2. The topological polar surface area (TPSA) is 44.8 Å². The molecule has 33 heavy (non-hydrogen) atoms. The normalized spacial score (nSPS) is 24.8. The summed E-state index contributed by atoms with van der Waals surface area (Å²) in [6.45, 7) is 4.20. The highest BCUT2D eigenvalue weighted by atomic mass is 19.4. The van der Waals surface area contributed by atoms with Crippen LogP contribution in [0.2, 0.25) is 0 Å². The molecule has 2 amide bonds. The van der Waals surface area contributed by atoms with Gasteiger partial charge in [0.2, 0.25) is 0 Å². The maximum Gasteiger partial charge on any atom is 0.416 e. The summed E-state index contributed by atoms with van der Waals surface area (Å²) in [5.41, 5.74) is -0.00363. The summed E-state index contributed by atoms with van der Waals surface area (Å²) in [7, 11) is 0. The summed E-state index contributed by atoms with van der Waals surface area (Å²) < 4.78 is 45.1. The fraction of sp³-hybridized carbons (Fsp3) is 0.480. The predicted octanol–water partition coefficient (Wildman–Crippen LogP) is 4.95. The molecule has 1 atom stereocenters. The van der Waals surface area contributed by atoms with Crippen LogP contribution in [0, 0.1) is 5.41 Å². The molecule has 3 fully saturated rings. The molecule has 0 unspecified atom stereocenters. The van der Waals surface area contributed by atoms with Gasteiger partial charge in [0.25, 0.3) is 0 Å². The smallest absolute Gasteiger partial charge is 0.379 e. The van der Waals surface area contributed by atoms with E-state index in [1.165, 1.54) is 12.1 Å². The third kappa shape index (κ3) is 4.46. The second-order valence-corrected chi connectivity index (χ2v) is 9.56. The van der Waals surface area contributed by atoms with Crippen molar-refractivity contribution in [1.82, 2.24) is 9.80 Å². The third-order valence-electron chi connectivity index (χ3n) is 7.22. The summed E-state index contributed by atoms with van der Waals surface area (Å²) in [4.78, 5) is 17.8. The quantitative estimate of drug-likeness (QED) is 0.704. The first-order valence-electron chi connectivity index (χ1n) is 11.4. The Balaban J connectivity index is 1.48. The SMILES string of the molecule is O=C(Nc1cccc(C(F)(F)F)c1)N1CC2(CC2)C[C@@]1(CN1CCOCC1)c1ccccc1. The number of hydrogen-bond donors (Lipinski definition) is 1. The van der Waals surface area contributed by atoms with E-state index in [9.17, 15) is 18.0 Å². The molecule has 3 aliphatic rings. The minimum atomic E-state index is -4.46. The lowest BCUT2D eigenvalue weighted by molar-refractivity contribution is -0.137. The average Bonchev–Trinajstić information content (AvgIpc) is 3.48. The maximum atomic E-state index is 13.6. The number of carbonyl (C=O) groups excluding carboxylic acids is 1. The molecule has 2 saturated heterocycles. The molecule has 5 rings (SSSR count). The Morgan fingerprint density at radius 3 is 2.42 bits per heavy atom. The lowest BCUT2D eigenvalue weighted by atomic mass is 9.83. The second-order valence-electron chi connectivity index (χ2n) is 9.56. The monoisotopic (exact) mass is 459 g/mol. The zero-order chi connectivity index (χ0) is 23.1. The number of nitrogens with one attached hydrogen (secondary N) is 1. The third-order valence-corrected chi connectivity index (χ3v) is 7.22. The summed E-state index contributed by atoms with van der Waals surface area (Å²) in [6, 6.07) is 14.5. The number of rotatable bonds is 4. The number of hydrogen-bond acceptors (Lipinski definition) is 3. The van der Waals surface area contributed by atoms with Gasteiger partial charge >= 0.3 is 12.2 Å². The highest BCUT2D eigenvalue weighted by Gasteiger charge is 2.61. The molecule has 2 aromatic carbocycles. The van der Waals surface area contributed by atoms with Crippen LogP contribution >= 0.6 is 0 Å². The molecule has 8 heteroatoms. The standard InChI is InChI=1S/C25H28F3N3O2/c26-25(27,28)20-7-4-8-21(15-20)29-22(32)31-17-23(9-10-23)16-24(31,19-5-2-1-3-6-19)18-30-11-13-33-14-12-30/h1-8,15H,9-14,16-18H2,(H,29,32)/t24-/m1/s1. The van der Waals surface area contributed by atoms with Crippen LogP contribution < -0.4 is 5.32 Å². The van der Waals surface area contributed by atoms with E-state index in [1.807, 2.05) is 23.1 Å². The number of carbonyl (C=O) groups is 1. The molecule has 5 nitrogen and oxygen atoms in total. The Bertz CT molecular complexity index is 1000. The molecule has 1 N–H and O–H groups in total. The summed E-state index contributed by atoms with van der Waals surface area (Å²) >= 11 is 0. The number of likely N-dealkylation sites (tertiary alicyclic amines) is 1. The number of anilines is 1. The molecule has 2 aliphatic heterocycles. The first kappa shape index (κ1) is 22.2. The lowest BCUT2D eigenvalue weighted by Gasteiger charge is -2.43. The van der Waals surface area contributed by atoms with Crippen LogP contribution in [-0.4, -0.2) is 55.2 Å². The van der Waals surface area contributed by atoms with Crippen molar-refractivity contribution < 1.29 is 22.7 Å². The van der Waals surface area contributed by atoms with Crippen LogP contribution in [-0.2, 0) is 16.5 Å². The van der Waals surface area contributed by atoms with Gasteiger partial charge in [-0.25, -0.2) is 4.79 Å². The Morgan fingerprint density at radius 1 is 1.03 bits per heavy atom. The van der Waals surface area contributed by atoms with Crippen molar-refractivity contribution in [3.8, 4) is 0 Å². The largest absolute Gasteiger partial charge is 0.416 e. The van der Waals surface area contributed by atoms with Crippen molar-refractivity contribution >= 4 is 11.7 Å². The highest BCUT2D eigenvalue weighted by Crippen LogP contribution is 2.61. The van der Waals surface area contributed by atoms with Crippen molar-refractivity contribution in [2.45, 2.75) is 31.0 Å². The molecule has 0 radical (unpaired) electrons. The fourth-order valence-corrected chi connectivity index (χ4v) is 5.37. The van der Waals surface area contributed by atoms with Crippen molar-refractivity contribution in [1.29, 1.82) is 0 Å². The van der Waals surface area contributed by atoms with Crippen LogP contribution in [0.3, 0.4) is 0 Å². The molecule has 0 aromatic heterocycles. The van der Waals surface area contributed by atoms with E-state index in [0.717, 1.165) is 50.0 Å². The Hall–Kier alpha value is -2.58. The molecule has 2 heterocycles. The van der Waals surface area contributed by atoms with Gasteiger partial charge in [-0.15, -0.1) is 0 Å². The van der Waals surface area contributed by atoms with Crippen molar-refractivity contribution in [3.63, 3.8) is 0 Å². The van der Waals surface area contributed by atoms with Gasteiger partial charge in [-0.1, -0.05) is 36.4 Å². The number of halogens is 3. The van der Waals surface area contributed by atoms with Gasteiger partial charge in [0, 0.05) is 31.9 Å². The number of amides is 2. The van der Waals surface area contributed by atoms with Crippen molar-refractivity contribution in [3.05, 3.63) is 65.7 Å². The summed E-state index contributed by atoms with van der Waals surface area (Å²) in [6.07, 6.45) is -1.47. The lowest BCUT2D eigenvalue weighted by Crippen LogP contribution is -2.55. The molecule has 1 saturated carbocycles. The first-order chi connectivity index (χ1) is 15.8. The molecule has 176 valence electrons. The molecule has 0 bridgehead atoms. The fourth-order valence-electron chi connectivity index (χ4n) is 5.37. The average molecular weight is 460 g/mol. The van der Waals surface area contributed by atoms with Crippen molar-refractivity contribution in [2.24, 2.45) is 5.41 Å². The van der Waals surface area contributed by atoms with Gasteiger partial charge in [0.15, 0.2) is 0 Å². The van der Waals surface area contributed by atoms with E-state index in [-0.39, 0.29) is 17.1 Å². The summed E-state index contributed by atoms with van der Waals surface area (Å²) in [5, 5.41) is 2.77. The van der Waals surface area contributed by atoms with Gasteiger partial charge in [-0.3, -0.25) is 4.90 Å². The number of morpholine rings is 1. The number of benzene rings is 2. The van der Waals surface area contributed by atoms with Crippen molar-refractivity contribution in [2.75, 3.05) is 44.7 Å². The number of ether oxygens (including phenoxy) is 1. The first-order valence-corrected chi connectivity index (χ1v) is 11.4. The van der Waals surface area contributed by atoms with Gasteiger partial charge < -0.3 is 15.0 Å². The second kappa shape index (κ2) is 8.33. The van der Waals surface area contributed by atoms with E-state index < -0.39 is 17.3 Å². The zero-order valence-electron chi connectivity index (χ0n) is 18.4. The summed E-state index contributed by atoms with van der Waals surface area (Å²) in [5.74, 6) is 0. The van der Waals surface area contributed by atoms with Crippen LogP contribution in [0.4, 0.5) is 23.7 Å².